The zero-order chi connectivity index (χ0) is 14.5. The van der Waals surface area contributed by atoms with E-state index in [0.29, 0.717) is 22.3 Å². The Bertz CT molecular complexity index is 689. The van der Waals surface area contributed by atoms with E-state index in [9.17, 15) is 14.4 Å². The molecule has 0 N–H and O–H groups in total. The van der Waals surface area contributed by atoms with E-state index in [2.05, 4.69) is 0 Å². The van der Waals surface area contributed by atoms with Gasteiger partial charge in [0, 0.05) is 0 Å². The number of hydrogen-bond acceptors (Lipinski definition) is 3. The number of benzene rings is 2. The Labute approximate surface area is 116 Å². The Morgan fingerprint density at radius 2 is 2.10 bits per heavy atom. The number of esters is 1. The maximum absolute atomic E-state index is 13.2. The summed E-state index contributed by atoms with van der Waals surface area (Å²) in [5.74, 6) is -0.851. The van der Waals surface area contributed by atoms with Gasteiger partial charge in [-0.15, -0.1) is 0 Å². The molecule has 0 amide bonds. The van der Waals surface area contributed by atoms with E-state index in [1.165, 1.54) is 18.2 Å². The van der Waals surface area contributed by atoms with Gasteiger partial charge in [-0.25, -0.2) is 9.18 Å². The molecule has 0 unspecified atom stereocenters. The Hall–Kier alpha value is -2.67. The number of carbonyl (C=O) groups excluding carboxylic acids is 1. The first-order chi connectivity index (χ1) is 9.65. The molecule has 2 rings (SSSR count). The van der Waals surface area contributed by atoms with Crippen molar-refractivity contribution in [3.8, 4) is 17.2 Å². The zero-order valence-corrected chi connectivity index (χ0v) is 10.9. The molecule has 0 saturated heterocycles. The molecule has 0 saturated carbocycles. The molecule has 0 atom stereocenters. The zero-order valence-electron chi connectivity index (χ0n) is 10.9. The summed E-state index contributed by atoms with van der Waals surface area (Å²) in [6, 6.07) is 12.6. The highest BCUT2D eigenvalue weighted by molar-refractivity contribution is 5.91. The lowest BCUT2D eigenvalue weighted by Crippen LogP contribution is -2.05. The van der Waals surface area contributed by atoms with Crippen molar-refractivity contribution in [2.45, 2.75) is 6.92 Å². The summed E-state index contributed by atoms with van der Waals surface area (Å²) in [6.45, 7) is 1.98. The van der Waals surface area contributed by atoms with Crippen molar-refractivity contribution in [3.05, 3.63) is 59.4 Å². The quantitative estimate of drug-likeness (QED) is 0.801. The van der Waals surface area contributed by atoms with Gasteiger partial charge in [0.2, 0.25) is 0 Å². The Balaban J connectivity index is 2.46. The van der Waals surface area contributed by atoms with Crippen LogP contribution in [0.3, 0.4) is 0 Å². The van der Waals surface area contributed by atoms with Crippen molar-refractivity contribution in [1.29, 1.82) is 5.26 Å². The molecule has 0 radical (unpaired) electrons. The summed E-state index contributed by atoms with van der Waals surface area (Å²) in [5, 5.41) is 9.19. The third kappa shape index (κ3) is 2.83. The van der Waals surface area contributed by atoms with Gasteiger partial charge in [0.05, 0.1) is 23.8 Å². The van der Waals surface area contributed by atoms with Crippen molar-refractivity contribution in [3.63, 3.8) is 0 Å². The fraction of sp³-hybridized carbons (Fsp3) is 0.125. The minimum Gasteiger partial charge on any atom is -0.462 e. The number of hydrogen-bond donors (Lipinski definition) is 0. The van der Waals surface area contributed by atoms with Crippen LogP contribution < -0.4 is 0 Å². The van der Waals surface area contributed by atoms with Crippen LogP contribution in [-0.2, 0) is 4.74 Å². The Morgan fingerprint density at radius 1 is 1.30 bits per heavy atom. The number of carbonyl (C=O) groups is 1. The van der Waals surface area contributed by atoms with Crippen LogP contribution in [0, 0.1) is 17.1 Å². The van der Waals surface area contributed by atoms with E-state index in [1.54, 1.807) is 31.2 Å². The van der Waals surface area contributed by atoms with E-state index < -0.39 is 5.97 Å². The molecule has 0 aliphatic carbocycles. The fourth-order valence-electron chi connectivity index (χ4n) is 1.89. The van der Waals surface area contributed by atoms with Crippen molar-refractivity contribution < 1.29 is 13.9 Å². The van der Waals surface area contributed by atoms with E-state index in [4.69, 9.17) is 4.74 Å². The number of rotatable bonds is 3. The largest absolute Gasteiger partial charge is 0.462 e. The van der Waals surface area contributed by atoms with Crippen LogP contribution in [0.15, 0.2) is 42.5 Å². The molecule has 0 aromatic heterocycles. The molecule has 2 aromatic rings. The number of nitrogens with zero attached hydrogens (tertiary/aromatic N) is 1. The maximum atomic E-state index is 13.2. The average molecular weight is 269 g/mol. The lowest BCUT2D eigenvalue weighted by molar-refractivity contribution is 0.0526. The van der Waals surface area contributed by atoms with Crippen LogP contribution in [0.2, 0.25) is 0 Å². The van der Waals surface area contributed by atoms with Gasteiger partial charge in [-0.2, -0.15) is 5.26 Å². The standard InChI is InChI=1S/C16H12FNO2/c1-2-20-16(19)12-6-7-15(13(8-12)10-18)11-4-3-5-14(17)9-11/h3-9H,2H2,1H3. The van der Waals surface area contributed by atoms with Crippen LogP contribution in [-0.4, -0.2) is 12.6 Å². The van der Waals surface area contributed by atoms with E-state index in [1.807, 2.05) is 6.07 Å². The second kappa shape index (κ2) is 5.98. The number of nitriles is 1. The molecule has 0 aliphatic heterocycles. The van der Waals surface area contributed by atoms with Crippen molar-refractivity contribution in [1.82, 2.24) is 0 Å². The van der Waals surface area contributed by atoms with Crippen LogP contribution in [0.4, 0.5) is 4.39 Å². The Morgan fingerprint density at radius 3 is 2.75 bits per heavy atom. The van der Waals surface area contributed by atoms with Gasteiger partial charge in [0.15, 0.2) is 0 Å². The van der Waals surface area contributed by atoms with Gasteiger partial charge < -0.3 is 4.74 Å². The first-order valence-electron chi connectivity index (χ1n) is 6.13. The van der Waals surface area contributed by atoms with Gasteiger partial charge in [0.25, 0.3) is 0 Å². The maximum Gasteiger partial charge on any atom is 0.338 e. The summed E-state index contributed by atoms with van der Waals surface area (Å²) in [4.78, 5) is 11.6. The van der Waals surface area contributed by atoms with Gasteiger partial charge in [-0.3, -0.25) is 0 Å². The summed E-state index contributed by atoms with van der Waals surface area (Å²) < 4.78 is 18.1. The normalized spacial score (nSPS) is 9.85. The van der Waals surface area contributed by atoms with Crippen LogP contribution in [0.1, 0.15) is 22.8 Å². The molecule has 0 fully saturated rings. The molecule has 0 heterocycles. The SMILES string of the molecule is CCOC(=O)c1ccc(-c2cccc(F)c2)c(C#N)c1. The summed E-state index contributed by atoms with van der Waals surface area (Å²) >= 11 is 0. The second-order valence-electron chi connectivity index (χ2n) is 4.10. The summed E-state index contributed by atoms with van der Waals surface area (Å²) in [5.41, 5.74) is 1.79. The molecule has 20 heavy (non-hydrogen) atoms. The van der Waals surface area contributed by atoms with E-state index in [0.717, 1.165) is 0 Å². The molecular weight excluding hydrogens is 257 g/mol. The first kappa shape index (κ1) is 13.8. The number of halogens is 1. The Kier molecular flexibility index (Phi) is 4.11. The van der Waals surface area contributed by atoms with Gasteiger partial charge >= 0.3 is 5.97 Å². The highest BCUT2D eigenvalue weighted by Gasteiger charge is 2.11. The molecular formula is C16H12FNO2. The van der Waals surface area contributed by atoms with Crippen molar-refractivity contribution in [2.24, 2.45) is 0 Å². The van der Waals surface area contributed by atoms with Crippen LogP contribution in [0.25, 0.3) is 11.1 Å². The predicted octanol–water partition coefficient (Wildman–Crippen LogP) is 3.54. The van der Waals surface area contributed by atoms with E-state index >= 15 is 0 Å². The molecule has 0 spiro atoms. The lowest BCUT2D eigenvalue weighted by atomic mass is 9.98. The average Bonchev–Trinajstić information content (AvgIpc) is 2.46. The van der Waals surface area contributed by atoms with E-state index in [-0.39, 0.29) is 12.4 Å². The molecule has 2 aromatic carbocycles. The van der Waals surface area contributed by atoms with Crippen LogP contribution >= 0.6 is 0 Å². The minimum absolute atomic E-state index is 0.270. The first-order valence-corrected chi connectivity index (χ1v) is 6.13. The molecule has 0 bridgehead atoms. The topological polar surface area (TPSA) is 50.1 Å². The van der Waals surface area contributed by atoms with Gasteiger partial charge in [-0.05, 0) is 42.3 Å². The third-order valence-corrected chi connectivity index (χ3v) is 2.79. The van der Waals surface area contributed by atoms with Crippen molar-refractivity contribution in [2.75, 3.05) is 6.61 Å². The number of ether oxygens (including phenoxy) is 1. The van der Waals surface area contributed by atoms with Gasteiger partial charge in [0.1, 0.15) is 5.82 Å². The molecule has 100 valence electrons. The highest BCUT2D eigenvalue weighted by atomic mass is 19.1. The highest BCUT2D eigenvalue weighted by Crippen LogP contribution is 2.25. The minimum atomic E-state index is -0.477. The summed E-state index contributed by atoms with van der Waals surface area (Å²) in [6.07, 6.45) is 0. The summed E-state index contributed by atoms with van der Waals surface area (Å²) in [7, 11) is 0. The second-order valence-corrected chi connectivity index (χ2v) is 4.10. The lowest BCUT2D eigenvalue weighted by Gasteiger charge is -2.07. The fourth-order valence-corrected chi connectivity index (χ4v) is 1.89. The molecule has 3 nitrogen and oxygen atoms in total. The van der Waals surface area contributed by atoms with Crippen molar-refractivity contribution >= 4 is 5.97 Å². The third-order valence-electron chi connectivity index (χ3n) is 2.79. The molecule has 4 heteroatoms. The smallest absolute Gasteiger partial charge is 0.338 e. The monoisotopic (exact) mass is 269 g/mol. The predicted molar refractivity (Wildman–Crippen MR) is 72.5 cm³/mol. The van der Waals surface area contributed by atoms with Crippen LogP contribution in [0.5, 0.6) is 0 Å². The molecule has 0 aliphatic rings. The van der Waals surface area contributed by atoms with Gasteiger partial charge in [-0.1, -0.05) is 18.2 Å².